The SMILES string of the molecule is CCCCCC(=O)N1CCc2nc(N)ncc2C1. The van der Waals surface area contributed by atoms with E-state index in [4.69, 9.17) is 5.73 Å². The van der Waals surface area contributed by atoms with Crippen LogP contribution in [0, 0.1) is 0 Å². The van der Waals surface area contributed by atoms with Crippen LogP contribution in [-0.4, -0.2) is 27.3 Å². The van der Waals surface area contributed by atoms with Crippen molar-refractivity contribution in [1.82, 2.24) is 14.9 Å². The highest BCUT2D eigenvalue weighted by molar-refractivity contribution is 5.76. The number of hydrogen-bond donors (Lipinski definition) is 1. The molecule has 0 bridgehead atoms. The van der Waals surface area contributed by atoms with Gasteiger partial charge in [0.1, 0.15) is 0 Å². The third-order valence-corrected chi connectivity index (χ3v) is 3.30. The van der Waals surface area contributed by atoms with Crippen LogP contribution < -0.4 is 5.73 Å². The highest BCUT2D eigenvalue weighted by Gasteiger charge is 2.21. The molecule has 1 amide bonds. The molecule has 5 heteroatoms. The topological polar surface area (TPSA) is 72.1 Å². The molecule has 5 nitrogen and oxygen atoms in total. The van der Waals surface area contributed by atoms with Crippen molar-refractivity contribution in [2.45, 2.75) is 45.6 Å². The van der Waals surface area contributed by atoms with Gasteiger partial charge in [-0.05, 0) is 6.42 Å². The van der Waals surface area contributed by atoms with Crippen LogP contribution >= 0.6 is 0 Å². The highest BCUT2D eigenvalue weighted by Crippen LogP contribution is 2.18. The maximum absolute atomic E-state index is 12.0. The van der Waals surface area contributed by atoms with E-state index in [-0.39, 0.29) is 5.91 Å². The van der Waals surface area contributed by atoms with Crippen LogP contribution in [0.4, 0.5) is 5.95 Å². The van der Waals surface area contributed by atoms with Crippen molar-refractivity contribution in [3.63, 3.8) is 0 Å². The predicted molar refractivity (Wildman–Crippen MR) is 69.7 cm³/mol. The third kappa shape index (κ3) is 2.97. The van der Waals surface area contributed by atoms with Gasteiger partial charge < -0.3 is 10.6 Å². The standard InChI is InChI=1S/C13H20N4O/c1-2-3-4-5-12(18)17-7-6-11-10(9-17)8-15-13(14)16-11/h8H,2-7,9H2,1H3,(H2,14,15,16). The summed E-state index contributed by atoms with van der Waals surface area (Å²) in [6, 6.07) is 0. The monoisotopic (exact) mass is 248 g/mol. The van der Waals surface area contributed by atoms with E-state index < -0.39 is 0 Å². The molecule has 98 valence electrons. The predicted octanol–water partition coefficient (Wildman–Crippen LogP) is 1.52. The molecular weight excluding hydrogens is 228 g/mol. The summed E-state index contributed by atoms with van der Waals surface area (Å²) in [5.41, 5.74) is 7.57. The molecule has 1 aromatic rings. The second kappa shape index (κ2) is 5.80. The highest BCUT2D eigenvalue weighted by atomic mass is 16.2. The van der Waals surface area contributed by atoms with Crippen LogP contribution in [0.2, 0.25) is 0 Å². The third-order valence-electron chi connectivity index (χ3n) is 3.30. The van der Waals surface area contributed by atoms with Crippen LogP contribution in [-0.2, 0) is 17.8 Å². The number of rotatable bonds is 4. The lowest BCUT2D eigenvalue weighted by Crippen LogP contribution is -2.36. The molecule has 2 heterocycles. The largest absolute Gasteiger partial charge is 0.368 e. The van der Waals surface area contributed by atoms with Crippen molar-refractivity contribution >= 4 is 11.9 Å². The summed E-state index contributed by atoms with van der Waals surface area (Å²) in [6.07, 6.45) is 6.42. The number of nitrogens with zero attached hydrogens (tertiary/aromatic N) is 3. The van der Waals surface area contributed by atoms with E-state index in [0.717, 1.165) is 43.5 Å². The number of carbonyl (C=O) groups excluding carboxylic acids is 1. The van der Waals surface area contributed by atoms with Crippen molar-refractivity contribution in [3.8, 4) is 0 Å². The van der Waals surface area contributed by atoms with Gasteiger partial charge >= 0.3 is 0 Å². The Morgan fingerprint density at radius 3 is 3.11 bits per heavy atom. The molecule has 1 aliphatic heterocycles. The number of hydrogen-bond acceptors (Lipinski definition) is 4. The van der Waals surface area contributed by atoms with Crippen LogP contribution in [0.25, 0.3) is 0 Å². The van der Waals surface area contributed by atoms with Gasteiger partial charge in [0.15, 0.2) is 0 Å². The molecule has 0 saturated heterocycles. The number of amides is 1. The summed E-state index contributed by atoms with van der Waals surface area (Å²) in [5.74, 6) is 0.558. The molecule has 1 aliphatic rings. The van der Waals surface area contributed by atoms with Crippen molar-refractivity contribution < 1.29 is 4.79 Å². The van der Waals surface area contributed by atoms with Crippen LogP contribution in [0.5, 0.6) is 0 Å². The molecule has 0 atom stereocenters. The molecule has 0 aromatic carbocycles. The Morgan fingerprint density at radius 2 is 2.33 bits per heavy atom. The minimum Gasteiger partial charge on any atom is -0.368 e. The van der Waals surface area contributed by atoms with Crippen LogP contribution in [0.15, 0.2) is 6.20 Å². The Labute approximate surface area is 107 Å². The summed E-state index contributed by atoms with van der Waals surface area (Å²) in [7, 11) is 0. The average Bonchev–Trinajstić information content (AvgIpc) is 2.38. The zero-order valence-corrected chi connectivity index (χ0v) is 10.9. The number of aromatic nitrogens is 2. The normalized spacial score (nSPS) is 14.4. The van der Waals surface area contributed by atoms with E-state index in [1.807, 2.05) is 4.90 Å². The van der Waals surface area contributed by atoms with Gasteiger partial charge in [0.25, 0.3) is 0 Å². The van der Waals surface area contributed by atoms with Gasteiger partial charge in [-0.3, -0.25) is 4.79 Å². The molecule has 1 aromatic heterocycles. The molecule has 18 heavy (non-hydrogen) atoms. The summed E-state index contributed by atoms with van der Waals surface area (Å²) in [6.45, 7) is 3.51. The molecule has 0 radical (unpaired) electrons. The first kappa shape index (κ1) is 12.8. The number of nitrogen functional groups attached to an aromatic ring is 1. The summed E-state index contributed by atoms with van der Waals surface area (Å²) >= 11 is 0. The number of fused-ring (bicyclic) bond motifs is 1. The Balaban J connectivity index is 1.95. The Kier molecular flexibility index (Phi) is 4.12. The maximum Gasteiger partial charge on any atom is 0.222 e. The Bertz CT molecular complexity index is 433. The van der Waals surface area contributed by atoms with Gasteiger partial charge in [-0.25, -0.2) is 9.97 Å². The van der Waals surface area contributed by atoms with Crippen LogP contribution in [0.1, 0.15) is 43.9 Å². The summed E-state index contributed by atoms with van der Waals surface area (Å²) in [4.78, 5) is 22.1. The molecule has 0 spiro atoms. The van der Waals surface area contributed by atoms with Gasteiger partial charge in [0.05, 0.1) is 5.69 Å². The van der Waals surface area contributed by atoms with Gasteiger partial charge in [0, 0.05) is 37.7 Å². The summed E-state index contributed by atoms with van der Waals surface area (Å²) < 4.78 is 0. The van der Waals surface area contributed by atoms with Crippen molar-refractivity contribution in [1.29, 1.82) is 0 Å². The smallest absolute Gasteiger partial charge is 0.222 e. The molecule has 0 fully saturated rings. The van der Waals surface area contributed by atoms with E-state index in [0.29, 0.717) is 18.9 Å². The molecule has 2 N–H and O–H groups in total. The fourth-order valence-electron chi connectivity index (χ4n) is 2.23. The maximum atomic E-state index is 12.0. The van der Waals surface area contributed by atoms with E-state index in [2.05, 4.69) is 16.9 Å². The molecule has 0 saturated carbocycles. The number of nitrogens with two attached hydrogens (primary N) is 1. The second-order valence-corrected chi connectivity index (χ2v) is 4.72. The summed E-state index contributed by atoms with van der Waals surface area (Å²) in [5, 5.41) is 0. The average molecular weight is 248 g/mol. The first-order chi connectivity index (χ1) is 8.70. The first-order valence-electron chi connectivity index (χ1n) is 6.58. The number of carbonyl (C=O) groups is 1. The van der Waals surface area contributed by atoms with Gasteiger partial charge in [-0.1, -0.05) is 19.8 Å². The van der Waals surface area contributed by atoms with Crippen molar-refractivity contribution in [3.05, 3.63) is 17.5 Å². The minimum absolute atomic E-state index is 0.242. The van der Waals surface area contributed by atoms with Crippen molar-refractivity contribution in [2.24, 2.45) is 0 Å². The minimum atomic E-state index is 0.242. The zero-order chi connectivity index (χ0) is 13.0. The van der Waals surface area contributed by atoms with Gasteiger partial charge in [0.2, 0.25) is 11.9 Å². The van der Waals surface area contributed by atoms with Gasteiger partial charge in [-0.15, -0.1) is 0 Å². The van der Waals surface area contributed by atoms with E-state index in [1.165, 1.54) is 0 Å². The fourth-order valence-corrected chi connectivity index (χ4v) is 2.23. The van der Waals surface area contributed by atoms with E-state index in [1.54, 1.807) is 6.20 Å². The lowest BCUT2D eigenvalue weighted by Gasteiger charge is -2.28. The molecule has 2 rings (SSSR count). The van der Waals surface area contributed by atoms with E-state index >= 15 is 0 Å². The second-order valence-electron chi connectivity index (χ2n) is 4.72. The van der Waals surface area contributed by atoms with Crippen molar-refractivity contribution in [2.75, 3.05) is 12.3 Å². The lowest BCUT2D eigenvalue weighted by molar-refractivity contribution is -0.132. The van der Waals surface area contributed by atoms with Gasteiger partial charge in [-0.2, -0.15) is 0 Å². The van der Waals surface area contributed by atoms with E-state index in [9.17, 15) is 4.79 Å². The zero-order valence-electron chi connectivity index (χ0n) is 10.9. The van der Waals surface area contributed by atoms with Crippen LogP contribution in [0.3, 0.4) is 0 Å². The Hall–Kier alpha value is -1.65. The fraction of sp³-hybridized carbons (Fsp3) is 0.615. The number of unbranched alkanes of at least 4 members (excludes halogenated alkanes) is 2. The molecule has 0 unspecified atom stereocenters. The quantitative estimate of drug-likeness (QED) is 0.820. The molecular formula is C13H20N4O. The molecule has 0 aliphatic carbocycles. The first-order valence-corrected chi connectivity index (χ1v) is 6.58. The lowest BCUT2D eigenvalue weighted by atomic mass is 10.1. The number of anilines is 1. The Morgan fingerprint density at radius 1 is 1.50 bits per heavy atom.